The largest absolute Gasteiger partial charge is 0.479 e. The van der Waals surface area contributed by atoms with E-state index in [1.807, 2.05) is 6.92 Å². The van der Waals surface area contributed by atoms with Crippen LogP contribution < -0.4 is 4.74 Å². The molecule has 0 aliphatic carbocycles. The average molecular weight is 481 g/mol. The third-order valence-corrected chi connectivity index (χ3v) is 5.04. The molecule has 0 saturated heterocycles. The summed E-state index contributed by atoms with van der Waals surface area (Å²) in [5, 5.41) is 0.514. The van der Waals surface area contributed by atoms with Crippen molar-refractivity contribution >= 4 is 39.1 Å². The minimum Gasteiger partial charge on any atom is -0.479 e. The van der Waals surface area contributed by atoms with Crippen molar-refractivity contribution in [1.29, 1.82) is 0 Å². The molecule has 11 heteroatoms. The number of amides is 2. The van der Waals surface area contributed by atoms with Gasteiger partial charge in [-0.2, -0.15) is 8.42 Å². The molecule has 0 fully saturated rings. The van der Waals surface area contributed by atoms with Gasteiger partial charge in [0.1, 0.15) is 11.4 Å². The zero-order valence-corrected chi connectivity index (χ0v) is 19.4. The van der Waals surface area contributed by atoms with Crippen LogP contribution in [0.2, 0.25) is 0 Å². The third kappa shape index (κ3) is 5.66. The first-order chi connectivity index (χ1) is 15.3. The normalized spacial score (nSPS) is 15.0. The predicted octanol–water partition coefficient (Wildman–Crippen LogP) is 3.86. The van der Waals surface area contributed by atoms with Crippen LogP contribution in [0.15, 0.2) is 30.3 Å². The number of benzene rings is 2. The van der Waals surface area contributed by atoms with Gasteiger partial charge in [-0.3, -0.25) is 9.59 Å². The summed E-state index contributed by atoms with van der Waals surface area (Å²) in [6, 6.07) is 7.28. The van der Waals surface area contributed by atoms with Gasteiger partial charge < -0.3 is 9.47 Å². The van der Waals surface area contributed by atoms with E-state index >= 15 is 0 Å². The molecule has 1 unspecified atom stereocenters. The van der Waals surface area contributed by atoms with Crippen molar-refractivity contribution < 1.29 is 40.4 Å². The number of imide groups is 1. The minimum atomic E-state index is -5.64. The molecule has 0 aromatic heterocycles. The molecule has 0 radical (unpaired) electrons. The van der Waals surface area contributed by atoms with Gasteiger partial charge in [-0.1, -0.05) is 29.4 Å². The smallest absolute Gasteiger partial charge is 0.459 e. The molecular formula is C22H24FNO8S. The SMILES string of the molecule is CCCCC(Oc1cc2c3c(cccc3c1)C(=O)N(OS(=O)(=O)F)C2=O)C(=O)OC(C)(C)C. The van der Waals surface area contributed by atoms with E-state index in [0.29, 0.717) is 18.2 Å². The molecule has 0 bridgehead atoms. The van der Waals surface area contributed by atoms with E-state index in [0.717, 1.165) is 6.42 Å². The molecule has 33 heavy (non-hydrogen) atoms. The quantitative estimate of drug-likeness (QED) is 0.317. The van der Waals surface area contributed by atoms with Crippen molar-refractivity contribution in [3.8, 4) is 5.75 Å². The van der Waals surface area contributed by atoms with Crippen LogP contribution in [-0.2, 0) is 24.3 Å². The number of hydrogen-bond acceptors (Lipinski definition) is 8. The van der Waals surface area contributed by atoms with Crippen molar-refractivity contribution in [2.75, 3.05) is 0 Å². The highest BCUT2D eigenvalue weighted by atomic mass is 32.3. The average Bonchev–Trinajstić information content (AvgIpc) is 2.70. The summed E-state index contributed by atoms with van der Waals surface area (Å²) in [5.41, 5.74) is -0.923. The molecule has 3 rings (SSSR count). The first-order valence-electron chi connectivity index (χ1n) is 10.3. The molecule has 1 heterocycles. The number of halogens is 1. The lowest BCUT2D eigenvalue weighted by Crippen LogP contribution is -2.41. The van der Waals surface area contributed by atoms with Crippen LogP contribution in [0.3, 0.4) is 0 Å². The number of carbonyl (C=O) groups is 3. The molecule has 2 aromatic rings. The van der Waals surface area contributed by atoms with E-state index in [2.05, 4.69) is 4.28 Å². The summed E-state index contributed by atoms with van der Waals surface area (Å²) in [4.78, 5) is 38.0. The highest BCUT2D eigenvalue weighted by Gasteiger charge is 2.38. The Bertz CT molecular complexity index is 1220. The molecule has 1 aliphatic rings. The summed E-state index contributed by atoms with van der Waals surface area (Å²) in [7, 11) is -5.64. The molecule has 2 amide bonds. The van der Waals surface area contributed by atoms with E-state index < -0.39 is 40.0 Å². The molecule has 1 atom stereocenters. The highest BCUT2D eigenvalue weighted by molar-refractivity contribution is 7.81. The Morgan fingerprint density at radius 2 is 1.79 bits per heavy atom. The second kappa shape index (κ2) is 9.06. The van der Waals surface area contributed by atoms with Crippen molar-refractivity contribution in [1.82, 2.24) is 5.06 Å². The Morgan fingerprint density at radius 3 is 2.39 bits per heavy atom. The van der Waals surface area contributed by atoms with Crippen LogP contribution >= 0.6 is 0 Å². The first-order valence-corrected chi connectivity index (χ1v) is 11.6. The standard InChI is InChI=1S/C22H24FNO8S/c1-5-6-10-17(21(27)31-22(2,3)4)30-14-11-13-8-7-9-15-18(13)16(12-14)20(26)24(19(15)25)32-33(23,28)29/h7-9,11-12,17H,5-6,10H2,1-4H3. The van der Waals surface area contributed by atoms with Crippen LogP contribution in [0, 0.1) is 0 Å². The van der Waals surface area contributed by atoms with Crippen molar-refractivity contribution in [3.63, 3.8) is 0 Å². The van der Waals surface area contributed by atoms with Gasteiger partial charge in [0.2, 0.25) is 0 Å². The number of rotatable bonds is 8. The number of unbranched alkanes of at least 4 members (excludes halogenated alkanes) is 1. The maximum absolute atomic E-state index is 13.1. The topological polar surface area (TPSA) is 116 Å². The van der Waals surface area contributed by atoms with E-state index in [-0.39, 0.29) is 27.3 Å². The molecule has 0 saturated carbocycles. The molecule has 178 valence electrons. The Morgan fingerprint density at radius 1 is 1.12 bits per heavy atom. The first kappa shape index (κ1) is 24.6. The Kier molecular flexibility index (Phi) is 6.75. The van der Waals surface area contributed by atoms with Crippen LogP contribution in [0.25, 0.3) is 10.8 Å². The van der Waals surface area contributed by atoms with Gasteiger partial charge in [0.15, 0.2) is 6.10 Å². The number of nitrogens with zero attached hydrogens (tertiary/aromatic N) is 1. The van der Waals surface area contributed by atoms with E-state index in [4.69, 9.17) is 9.47 Å². The molecular weight excluding hydrogens is 457 g/mol. The second-order valence-corrected chi connectivity index (χ2v) is 9.46. The number of carbonyl (C=O) groups excluding carboxylic acids is 3. The zero-order valence-electron chi connectivity index (χ0n) is 18.6. The van der Waals surface area contributed by atoms with Crippen molar-refractivity contribution in [3.05, 3.63) is 41.5 Å². The summed E-state index contributed by atoms with van der Waals surface area (Å²) in [5.74, 6) is -2.76. The lowest BCUT2D eigenvalue weighted by Gasteiger charge is -2.26. The van der Waals surface area contributed by atoms with Gasteiger partial charge in [0.05, 0.1) is 11.1 Å². The maximum Gasteiger partial charge on any atom is 0.459 e. The summed E-state index contributed by atoms with van der Waals surface area (Å²) < 4.78 is 50.3. The monoisotopic (exact) mass is 481 g/mol. The van der Waals surface area contributed by atoms with E-state index in [1.165, 1.54) is 18.2 Å². The Hall–Kier alpha value is -3.05. The van der Waals surface area contributed by atoms with E-state index in [9.17, 15) is 26.7 Å². The Balaban J connectivity index is 2.04. The fraction of sp³-hybridized carbons (Fsp3) is 0.409. The highest BCUT2D eigenvalue weighted by Crippen LogP contribution is 2.34. The lowest BCUT2D eigenvalue weighted by molar-refractivity contribution is -0.163. The van der Waals surface area contributed by atoms with Crippen LogP contribution in [0.5, 0.6) is 5.75 Å². The summed E-state index contributed by atoms with van der Waals surface area (Å²) in [6.07, 6.45) is 0.883. The maximum atomic E-state index is 13.1. The summed E-state index contributed by atoms with van der Waals surface area (Å²) in [6.45, 7) is 7.14. The Labute approximate surface area is 190 Å². The fourth-order valence-corrected chi connectivity index (χ4v) is 3.74. The number of esters is 1. The van der Waals surface area contributed by atoms with E-state index in [1.54, 1.807) is 32.9 Å². The van der Waals surface area contributed by atoms with Crippen LogP contribution in [-0.4, -0.2) is 43.0 Å². The predicted molar refractivity (Wildman–Crippen MR) is 115 cm³/mol. The second-order valence-electron chi connectivity index (χ2n) is 8.53. The fourth-order valence-electron chi connectivity index (χ4n) is 3.43. The molecule has 2 aromatic carbocycles. The van der Waals surface area contributed by atoms with Gasteiger partial charge in [0.25, 0.3) is 11.8 Å². The third-order valence-electron chi connectivity index (χ3n) is 4.71. The van der Waals surface area contributed by atoms with Crippen molar-refractivity contribution in [2.45, 2.75) is 58.7 Å². The lowest BCUT2D eigenvalue weighted by atomic mass is 9.94. The molecule has 1 aliphatic heterocycles. The van der Waals surface area contributed by atoms with Crippen molar-refractivity contribution in [2.24, 2.45) is 0 Å². The molecule has 0 N–H and O–H groups in total. The van der Waals surface area contributed by atoms with Gasteiger partial charge in [-0.05, 0) is 57.2 Å². The van der Waals surface area contributed by atoms with Gasteiger partial charge in [-0.15, -0.1) is 9.35 Å². The summed E-state index contributed by atoms with van der Waals surface area (Å²) >= 11 is 0. The number of hydroxylamine groups is 2. The molecule has 9 nitrogen and oxygen atoms in total. The molecule has 0 spiro atoms. The van der Waals surface area contributed by atoms with Crippen LogP contribution in [0.1, 0.15) is 67.7 Å². The van der Waals surface area contributed by atoms with Gasteiger partial charge in [0, 0.05) is 5.39 Å². The van der Waals surface area contributed by atoms with Gasteiger partial charge >= 0.3 is 16.5 Å². The van der Waals surface area contributed by atoms with Gasteiger partial charge in [-0.25, -0.2) is 4.79 Å². The number of hydrogen-bond donors (Lipinski definition) is 0. The minimum absolute atomic E-state index is 0.0491. The number of ether oxygens (including phenoxy) is 2. The zero-order chi connectivity index (χ0) is 24.6. The van der Waals surface area contributed by atoms with Crippen LogP contribution in [0.4, 0.5) is 3.89 Å².